The molecule has 1 radical (unpaired) electrons. The van der Waals surface area contributed by atoms with Crippen molar-refractivity contribution >= 4 is 11.9 Å². The van der Waals surface area contributed by atoms with Crippen LogP contribution in [0.25, 0.3) is 0 Å². The van der Waals surface area contributed by atoms with Gasteiger partial charge in [0.25, 0.3) is 0 Å². The van der Waals surface area contributed by atoms with Gasteiger partial charge in [-0.1, -0.05) is 27.7 Å². The Balaban J connectivity index is 4.17. The molecule has 14 heavy (non-hydrogen) atoms. The number of carbonyl (C=O) groups is 2. The molecule has 0 aliphatic heterocycles. The maximum atomic E-state index is 11.2. The van der Waals surface area contributed by atoms with Gasteiger partial charge in [-0.15, -0.1) is 0 Å². The molecule has 4 nitrogen and oxygen atoms in total. The van der Waals surface area contributed by atoms with E-state index in [1.165, 1.54) is 0 Å². The zero-order chi connectivity index (χ0) is 11.3. The summed E-state index contributed by atoms with van der Waals surface area (Å²) in [6.45, 7) is 7.07. The van der Waals surface area contributed by atoms with Crippen LogP contribution in [0.3, 0.4) is 0 Å². The van der Waals surface area contributed by atoms with Crippen LogP contribution < -0.4 is 0 Å². The highest BCUT2D eigenvalue weighted by atomic mass is 16.6. The average Bonchev–Trinajstić information content (AvgIpc) is 1.97. The zero-order valence-electron chi connectivity index (χ0n) is 9.07. The maximum absolute atomic E-state index is 11.2. The molecule has 0 N–H and O–H groups in total. The Morgan fingerprint density at radius 1 is 1.14 bits per heavy atom. The molecule has 1 unspecified atom stereocenters. The Kier molecular flexibility index (Phi) is 5.20. The molecule has 0 saturated carbocycles. The maximum Gasteiger partial charge on any atom is 0.395 e. The van der Waals surface area contributed by atoms with Crippen LogP contribution in [0.5, 0.6) is 0 Å². The Hall–Kier alpha value is -1.06. The van der Waals surface area contributed by atoms with Crippen molar-refractivity contribution in [1.29, 1.82) is 0 Å². The Morgan fingerprint density at radius 3 is 1.93 bits per heavy atom. The molecule has 0 amide bonds. The molecule has 0 aromatic rings. The summed E-state index contributed by atoms with van der Waals surface area (Å²) in [4.78, 5) is 21.7. The quantitative estimate of drug-likeness (QED) is 0.634. The number of esters is 1. The number of rotatable bonds is 5. The molecule has 0 rings (SSSR count). The molecule has 1 atom stereocenters. The van der Waals surface area contributed by atoms with E-state index in [9.17, 15) is 14.7 Å². The lowest BCUT2D eigenvalue weighted by molar-refractivity contribution is -0.171. The SMILES string of the molecule is CC(C)CC(=O)OC(C([O])=O)C(C)C. The minimum absolute atomic E-state index is 0.164. The van der Waals surface area contributed by atoms with Crippen LogP contribution in [0.1, 0.15) is 34.1 Å². The largest absolute Gasteiger partial charge is 0.450 e. The molecule has 0 saturated heterocycles. The second-order valence-corrected chi connectivity index (χ2v) is 4.07. The minimum atomic E-state index is -1.34. The predicted octanol–water partition coefficient (Wildman–Crippen LogP) is 1.56. The summed E-state index contributed by atoms with van der Waals surface area (Å²) in [5.74, 6) is -1.92. The smallest absolute Gasteiger partial charge is 0.395 e. The molecule has 0 aromatic heterocycles. The molecule has 0 aliphatic rings. The van der Waals surface area contributed by atoms with Gasteiger partial charge in [-0.25, -0.2) is 9.90 Å². The minimum Gasteiger partial charge on any atom is -0.450 e. The van der Waals surface area contributed by atoms with Crippen molar-refractivity contribution in [2.75, 3.05) is 0 Å². The summed E-state index contributed by atoms with van der Waals surface area (Å²) >= 11 is 0. The van der Waals surface area contributed by atoms with Crippen molar-refractivity contribution in [1.82, 2.24) is 0 Å². The molecule has 0 spiro atoms. The van der Waals surface area contributed by atoms with Gasteiger partial charge in [-0.3, -0.25) is 4.79 Å². The standard InChI is InChI=1S/C10H17O4/c1-6(2)5-8(11)14-9(7(3)4)10(12)13/h6-7,9H,5H2,1-4H3. The highest BCUT2D eigenvalue weighted by molar-refractivity contribution is 5.78. The van der Waals surface area contributed by atoms with Gasteiger partial charge < -0.3 is 4.74 Å². The van der Waals surface area contributed by atoms with Crippen LogP contribution in [0.2, 0.25) is 0 Å². The molecule has 0 heterocycles. The molecule has 0 fully saturated rings. The Morgan fingerprint density at radius 2 is 1.64 bits per heavy atom. The van der Waals surface area contributed by atoms with E-state index < -0.39 is 18.0 Å². The van der Waals surface area contributed by atoms with E-state index in [0.717, 1.165) is 0 Å². The van der Waals surface area contributed by atoms with Crippen LogP contribution in [-0.4, -0.2) is 18.0 Å². The van der Waals surface area contributed by atoms with E-state index in [2.05, 4.69) is 0 Å². The lowest BCUT2D eigenvalue weighted by Crippen LogP contribution is -2.31. The first kappa shape index (κ1) is 12.9. The fourth-order valence-electron chi connectivity index (χ4n) is 0.979. The highest BCUT2D eigenvalue weighted by Gasteiger charge is 2.27. The zero-order valence-corrected chi connectivity index (χ0v) is 9.07. The normalized spacial score (nSPS) is 13.0. The lowest BCUT2D eigenvalue weighted by Gasteiger charge is -2.16. The average molecular weight is 201 g/mol. The number of hydrogen-bond donors (Lipinski definition) is 0. The number of carbonyl (C=O) groups excluding carboxylic acids is 2. The second kappa shape index (κ2) is 5.62. The van der Waals surface area contributed by atoms with Crippen LogP contribution in [0.4, 0.5) is 0 Å². The second-order valence-electron chi connectivity index (χ2n) is 4.07. The lowest BCUT2D eigenvalue weighted by atomic mass is 10.1. The number of hydrogen-bond acceptors (Lipinski definition) is 3. The third-order valence-corrected chi connectivity index (χ3v) is 1.67. The predicted molar refractivity (Wildman–Crippen MR) is 49.9 cm³/mol. The van der Waals surface area contributed by atoms with Gasteiger partial charge in [0.05, 0.1) is 0 Å². The summed E-state index contributed by atoms with van der Waals surface area (Å²) in [5, 5.41) is 10.6. The molecule has 0 aromatic carbocycles. The van der Waals surface area contributed by atoms with E-state index in [1.54, 1.807) is 13.8 Å². The van der Waals surface area contributed by atoms with Crippen LogP contribution >= 0.6 is 0 Å². The van der Waals surface area contributed by atoms with Crippen LogP contribution in [0, 0.1) is 11.8 Å². The van der Waals surface area contributed by atoms with E-state index in [1.807, 2.05) is 13.8 Å². The molecule has 0 aliphatic carbocycles. The first-order valence-electron chi connectivity index (χ1n) is 4.75. The molecule has 0 bridgehead atoms. The van der Waals surface area contributed by atoms with Crippen LogP contribution in [-0.2, 0) is 19.4 Å². The molecular formula is C10H17O4. The van der Waals surface area contributed by atoms with Gasteiger partial charge in [0, 0.05) is 12.3 Å². The van der Waals surface area contributed by atoms with Crippen molar-refractivity contribution in [2.45, 2.75) is 40.2 Å². The molecular weight excluding hydrogens is 184 g/mol. The van der Waals surface area contributed by atoms with Crippen LogP contribution in [0.15, 0.2) is 0 Å². The number of ether oxygens (including phenoxy) is 1. The summed E-state index contributed by atoms with van der Waals surface area (Å²) in [5.41, 5.74) is 0. The summed E-state index contributed by atoms with van der Waals surface area (Å²) in [6.07, 6.45) is -0.905. The summed E-state index contributed by atoms with van der Waals surface area (Å²) in [7, 11) is 0. The Labute approximate surface area is 84.3 Å². The van der Waals surface area contributed by atoms with Gasteiger partial charge in [0.2, 0.25) is 6.10 Å². The Bertz CT molecular complexity index is 208. The van der Waals surface area contributed by atoms with Gasteiger partial charge >= 0.3 is 11.9 Å². The first-order chi connectivity index (χ1) is 6.34. The molecule has 81 valence electrons. The van der Waals surface area contributed by atoms with Crippen molar-refractivity contribution < 1.29 is 19.4 Å². The third kappa shape index (κ3) is 4.84. The van der Waals surface area contributed by atoms with E-state index in [0.29, 0.717) is 0 Å². The first-order valence-corrected chi connectivity index (χ1v) is 4.75. The monoisotopic (exact) mass is 201 g/mol. The van der Waals surface area contributed by atoms with Crippen molar-refractivity contribution in [3.63, 3.8) is 0 Å². The van der Waals surface area contributed by atoms with Crippen molar-refractivity contribution in [2.24, 2.45) is 11.8 Å². The van der Waals surface area contributed by atoms with E-state index in [-0.39, 0.29) is 18.3 Å². The topological polar surface area (TPSA) is 63.3 Å². The summed E-state index contributed by atoms with van der Waals surface area (Å²) in [6, 6.07) is 0. The summed E-state index contributed by atoms with van der Waals surface area (Å²) < 4.78 is 4.78. The van der Waals surface area contributed by atoms with Crippen molar-refractivity contribution in [3.05, 3.63) is 0 Å². The highest BCUT2D eigenvalue weighted by Crippen LogP contribution is 2.10. The van der Waals surface area contributed by atoms with Gasteiger partial charge in [-0.05, 0) is 5.92 Å². The fraction of sp³-hybridized carbons (Fsp3) is 0.800. The van der Waals surface area contributed by atoms with E-state index >= 15 is 0 Å². The van der Waals surface area contributed by atoms with E-state index in [4.69, 9.17) is 4.74 Å². The van der Waals surface area contributed by atoms with Gasteiger partial charge in [0.15, 0.2) is 0 Å². The van der Waals surface area contributed by atoms with Gasteiger partial charge in [0.1, 0.15) is 0 Å². The van der Waals surface area contributed by atoms with Gasteiger partial charge in [-0.2, -0.15) is 0 Å². The molecule has 4 heteroatoms. The third-order valence-electron chi connectivity index (χ3n) is 1.67. The fourth-order valence-corrected chi connectivity index (χ4v) is 0.979. The van der Waals surface area contributed by atoms with Crippen molar-refractivity contribution in [3.8, 4) is 0 Å².